The van der Waals surface area contributed by atoms with Crippen molar-refractivity contribution in [2.75, 3.05) is 10.6 Å². The van der Waals surface area contributed by atoms with E-state index in [9.17, 15) is 9.59 Å². The van der Waals surface area contributed by atoms with Gasteiger partial charge in [-0.15, -0.1) is 0 Å². The molecule has 2 rings (SSSR count). The van der Waals surface area contributed by atoms with E-state index >= 15 is 0 Å². The number of hydrogen-bond acceptors (Lipinski definition) is 3. The van der Waals surface area contributed by atoms with Crippen molar-refractivity contribution in [1.82, 2.24) is 0 Å². The van der Waals surface area contributed by atoms with Crippen LogP contribution in [0.5, 0.6) is 0 Å². The minimum Gasteiger partial charge on any atom is -0.321 e. The highest BCUT2D eigenvalue weighted by Gasteiger charge is 2.09. The minimum absolute atomic E-state index is 0.272. The van der Waals surface area contributed by atoms with Crippen molar-refractivity contribution in [3.63, 3.8) is 0 Å². The standard InChI is InChI=1S/C18H16N2O2S/c1-3-17(21)19-13-9-5-7-11-15(13)23-16-12-8-6-10-14(16)20-18(22)4-2/h3-12H,1-2H2,(H,19,21)(H,20,22). The van der Waals surface area contributed by atoms with Crippen LogP contribution in [0.15, 0.2) is 83.6 Å². The summed E-state index contributed by atoms with van der Waals surface area (Å²) in [6.07, 6.45) is 2.44. The average molecular weight is 324 g/mol. The zero-order valence-corrected chi connectivity index (χ0v) is 13.2. The average Bonchev–Trinajstić information content (AvgIpc) is 2.58. The Labute approximate surface area is 139 Å². The lowest BCUT2D eigenvalue weighted by molar-refractivity contribution is -0.112. The number of amides is 2. The van der Waals surface area contributed by atoms with E-state index in [4.69, 9.17) is 0 Å². The van der Waals surface area contributed by atoms with Crippen molar-refractivity contribution >= 4 is 35.0 Å². The van der Waals surface area contributed by atoms with Crippen LogP contribution in [0.4, 0.5) is 11.4 Å². The summed E-state index contributed by atoms with van der Waals surface area (Å²) in [5, 5.41) is 5.54. The van der Waals surface area contributed by atoms with Gasteiger partial charge in [0.05, 0.1) is 11.4 Å². The molecule has 4 nitrogen and oxygen atoms in total. The topological polar surface area (TPSA) is 58.2 Å². The quantitative estimate of drug-likeness (QED) is 0.787. The molecule has 0 spiro atoms. The molecule has 2 amide bonds. The molecule has 2 N–H and O–H groups in total. The van der Waals surface area contributed by atoms with Crippen LogP contribution in [0.3, 0.4) is 0 Å². The van der Waals surface area contributed by atoms with E-state index in [1.165, 1.54) is 23.9 Å². The Morgan fingerprint density at radius 2 is 1.17 bits per heavy atom. The lowest BCUT2D eigenvalue weighted by Gasteiger charge is -2.12. The first kappa shape index (κ1) is 16.6. The van der Waals surface area contributed by atoms with Crippen LogP contribution in [-0.2, 0) is 9.59 Å². The molecule has 0 aliphatic rings. The molecular weight excluding hydrogens is 308 g/mol. The van der Waals surface area contributed by atoms with Gasteiger partial charge in [-0.3, -0.25) is 9.59 Å². The third-order valence-electron chi connectivity index (χ3n) is 2.88. The predicted octanol–water partition coefficient (Wildman–Crippen LogP) is 4.09. The molecule has 0 bridgehead atoms. The number of hydrogen-bond donors (Lipinski definition) is 2. The highest BCUT2D eigenvalue weighted by atomic mass is 32.2. The number of para-hydroxylation sites is 2. The molecular formula is C18H16N2O2S. The Kier molecular flexibility index (Phi) is 5.77. The summed E-state index contributed by atoms with van der Waals surface area (Å²) < 4.78 is 0. The molecule has 0 unspecified atom stereocenters. The Bertz CT molecular complexity index is 693. The third kappa shape index (κ3) is 4.59. The highest BCUT2D eigenvalue weighted by Crippen LogP contribution is 2.37. The first-order chi connectivity index (χ1) is 11.1. The van der Waals surface area contributed by atoms with Gasteiger partial charge in [0.1, 0.15) is 0 Å². The summed E-state index contributed by atoms with van der Waals surface area (Å²) in [5.74, 6) is -0.544. The van der Waals surface area contributed by atoms with Gasteiger partial charge in [0, 0.05) is 9.79 Å². The van der Waals surface area contributed by atoms with E-state index < -0.39 is 0 Å². The molecule has 0 radical (unpaired) electrons. The van der Waals surface area contributed by atoms with Gasteiger partial charge in [0.25, 0.3) is 0 Å². The summed E-state index contributed by atoms with van der Waals surface area (Å²) in [4.78, 5) is 24.8. The summed E-state index contributed by atoms with van der Waals surface area (Å²) >= 11 is 1.45. The Morgan fingerprint density at radius 3 is 1.57 bits per heavy atom. The maximum atomic E-state index is 11.5. The fourth-order valence-corrected chi connectivity index (χ4v) is 2.79. The fourth-order valence-electron chi connectivity index (χ4n) is 1.80. The van der Waals surface area contributed by atoms with Crippen LogP contribution in [0.1, 0.15) is 0 Å². The molecule has 0 saturated heterocycles. The van der Waals surface area contributed by atoms with Crippen molar-refractivity contribution in [3.05, 3.63) is 73.8 Å². The van der Waals surface area contributed by atoms with Crippen molar-refractivity contribution in [2.24, 2.45) is 0 Å². The second kappa shape index (κ2) is 8.00. The van der Waals surface area contributed by atoms with Crippen LogP contribution in [0.25, 0.3) is 0 Å². The van der Waals surface area contributed by atoms with Gasteiger partial charge in [0.2, 0.25) is 11.8 Å². The minimum atomic E-state index is -0.272. The maximum absolute atomic E-state index is 11.5. The highest BCUT2D eigenvalue weighted by molar-refractivity contribution is 7.99. The molecule has 0 saturated carbocycles. The number of anilines is 2. The van der Waals surface area contributed by atoms with Crippen LogP contribution >= 0.6 is 11.8 Å². The molecule has 116 valence electrons. The van der Waals surface area contributed by atoms with Gasteiger partial charge in [0.15, 0.2) is 0 Å². The molecule has 2 aromatic carbocycles. The lowest BCUT2D eigenvalue weighted by atomic mass is 10.3. The van der Waals surface area contributed by atoms with E-state index in [0.29, 0.717) is 11.4 Å². The summed E-state index contributed by atoms with van der Waals surface area (Å²) in [6.45, 7) is 6.90. The second-order valence-electron chi connectivity index (χ2n) is 4.48. The Morgan fingerprint density at radius 1 is 0.783 bits per heavy atom. The van der Waals surface area contributed by atoms with E-state index in [1.807, 2.05) is 48.5 Å². The lowest BCUT2D eigenvalue weighted by Crippen LogP contribution is -2.09. The fraction of sp³-hybridized carbons (Fsp3) is 0. The van der Waals surface area contributed by atoms with Gasteiger partial charge in [-0.05, 0) is 36.4 Å². The second-order valence-corrected chi connectivity index (χ2v) is 5.56. The zero-order valence-electron chi connectivity index (χ0n) is 12.4. The predicted molar refractivity (Wildman–Crippen MR) is 94.7 cm³/mol. The smallest absolute Gasteiger partial charge is 0.247 e. The van der Waals surface area contributed by atoms with E-state index in [1.54, 1.807) is 0 Å². The summed E-state index contributed by atoms with van der Waals surface area (Å²) in [7, 11) is 0. The van der Waals surface area contributed by atoms with E-state index in [2.05, 4.69) is 23.8 Å². The Hall–Kier alpha value is -2.79. The monoisotopic (exact) mass is 324 g/mol. The number of benzene rings is 2. The molecule has 5 heteroatoms. The van der Waals surface area contributed by atoms with Gasteiger partial charge < -0.3 is 10.6 Å². The molecule has 0 atom stereocenters. The number of rotatable bonds is 6. The number of nitrogens with one attached hydrogen (secondary N) is 2. The first-order valence-corrected chi connectivity index (χ1v) is 7.68. The molecule has 0 heterocycles. The van der Waals surface area contributed by atoms with Crippen molar-refractivity contribution < 1.29 is 9.59 Å². The third-order valence-corrected chi connectivity index (χ3v) is 4.03. The maximum Gasteiger partial charge on any atom is 0.247 e. The van der Waals surface area contributed by atoms with Crippen molar-refractivity contribution in [3.8, 4) is 0 Å². The van der Waals surface area contributed by atoms with E-state index in [-0.39, 0.29) is 11.8 Å². The molecule has 0 aliphatic carbocycles. The van der Waals surface area contributed by atoms with Gasteiger partial charge in [-0.1, -0.05) is 49.2 Å². The molecule has 2 aromatic rings. The van der Waals surface area contributed by atoms with Crippen molar-refractivity contribution in [1.29, 1.82) is 0 Å². The van der Waals surface area contributed by atoms with Crippen molar-refractivity contribution in [2.45, 2.75) is 9.79 Å². The molecule has 0 aromatic heterocycles. The van der Waals surface area contributed by atoms with Gasteiger partial charge >= 0.3 is 0 Å². The normalized spacial score (nSPS) is 9.74. The molecule has 0 fully saturated rings. The Balaban J connectivity index is 2.29. The zero-order chi connectivity index (χ0) is 16.7. The van der Waals surface area contributed by atoms with Crippen LogP contribution in [0, 0.1) is 0 Å². The molecule has 0 aliphatic heterocycles. The van der Waals surface area contributed by atoms with Crippen LogP contribution < -0.4 is 10.6 Å². The number of carbonyl (C=O) groups is 2. The number of carbonyl (C=O) groups excluding carboxylic acids is 2. The van der Waals surface area contributed by atoms with Crippen LogP contribution in [0.2, 0.25) is 0 Å². The van der Waals surface area contributed by atoms with Gasteiger partial charge in [-0.25, -0.2) is 0 Å². The van der Waals surface area contributed by atoms with Crippen LogP contribution in [-0.4, -0.2) is 11.8 Å². The summed E-state index contributed by atoms with van der Waals surface area (Å²) in [5.41, 5.74) is 1.37. The first-order valence-electron chi connectivity index (χ1n) is 6.87. The molecule has 23 heavy (non-hydrogen) atoms. The van der Waals surface area contributed by atoms with Gasteiger partial charge in [-0.2, -0.15) is 0 Å². The SMILES string of the molecule is C=CC(=O)Nc1ccccc1Sc1ccccc1NC(=O)C=C. The van der Waals surface area contributed by atoms with E-state index in [0.717, 1.165) is 9.79 Å². The largest absolute Gasteiger partial charge is 0.321 e. The summed E-state index contributed by atoms with van der Waals surface area (Å²) in [6, 6.07) is 14.9.